The summed E-state index contributed by atoms with van der Waals surface area (Å²) in [4.78, 5) is 24.8. The van der Waals surface area contributed by atoms with Crippen molar-refractivity contribution in [3.63, 3.8) is 0 Å². The summed E-state index contributed by atoms with van der Waals surface area (Å²) < 4.78 is 11.0. The predicted molar refractivity (Wildman–Crippen MR) is 127 cm³/mol. The average molecular weight is 431 g/mol. The van der Waals surface area contributed by atoms with Crippen LogP contribution >= 0.6 is 0 Å². The first-order valence-electron chi connectivity index (χ1n) is 11.2. The zero-order valence-electron chi connectivity index (χ0n) is 18.9. The monoisotopic (exact) mass is 430 g/mol. The molecule has 0 bridgehead atoms. The molecule has 0 radical (unpaired) electrons. The molecule has 0 aromatic heterocycles. The van der Waals surface area contributed by atoms with Gasteiger partial charge in [-0.25, -0.2) is 9.59 Å². The Morgan fingerprint density at radius 3 is 1.72 bits per heavy atom. The van der Waals surface area contributed by atoms with Crippen LogP contribution in [0, 0.1) is 5.92 Å². The summed E-state index contributed by atoms with van der Waals surface area (Å²) in [5.41, 5.74) is 2.91. The van der Waals surface area contributed by atoms with Crippen molar-refractivity contribution in [1.82, 2.24) is 0 Å². The van der Waals surface area contributed by atoms with Gasteiger partial charge in [-0.1, -0.05) is 69.2 Å². The molecular weight excluding hydrogens is 400 g/mol. The van der Waals surface area contributed by atoms with Crippen molar-refractivity contribution < 1.29 is 19.1 Å². The summed E-state index contributed by atoms with van der Waals surface area (Å²) >= 11 is 0. The van der Waals surface area contributed by atoms with Crippen LogP contribution in [0.4, 0.5) is 0 Å². The fourth-order valence-electron chi connectivity index (χ4n) is 3.64. The van der Waals surface area contributed by atoms with Gasteiger partial charge in [-0.05, 0) is 66.8 Å². The summed E-state index contributed by atoms with van der Waals surface area (Å²) in [6.45, 7) is 6.29. The Kier molecular flexibility index (Phi) is 8.20. The van der Waals surface area contributed by atoms with Crippen molar-refractivity contribution >= 4 is 11.9 Å². The molecule has 0 aliphatic rings. The Labute approximate surface area is 190 Å². The van der Waals surface area contributed by atoms with Crippen LogP contribution < -0.4 is 4.74 Å². The summed E-state index contributed by atoms with van der Waals surface area (Å²) in [6, 6.07) is 23.5. The van der Waals surface area contributed by atoms with E-state index in [9.17, 15) is 9.59 Å². The lowest BCUT2D eigenvalue weighted by Gasteiger charge is -2.18. The van der Waals surface area contributed by atoms with Crippen LogP contribution in [-0.2, 0) is 4.74 Å². The van der Waals surface area contributed by atoms with Crippen LogP contribution in [0.5, 0.6) is 5.75 Å². The maximum atomic E-state index is 12.5. The van der Waals surface area contributed by atoms with E-state index in [1.165, 1.54) is 0 Å². The van der Waals surface area contributed by atoms with Crippen LogP contribution in [0.1, 0.15) is 60.7 Å². The summed E-state index contributed by atoms with van der Waals surface area (Å²) in [7, 11) is 0. The van der Waals surface area contributed by atoms with E-state index in [0.29, 0.717) is 22.8 Å². The summed E-state index contributed by atoms with van der Waals surface area (Å²) in [5, 5.41) is 0. The highest BCUT2D eigenvalue weighted by molar-refractivity contribution is 5.92. The van der Waals surface area contributed by atoms with E-state index in [4.69, 9.17) is 9.47 Å². The highest BCUT2D eigenvalue weighted by Gasteiger charge is 2.16. The topological polar surface area (TPSA) is 52.6 Å². The highest BCUT2D eigenvalue weighted by atomic mass is 16.5. The van der Waals surface area contributed by atoms with Crippen molar-refractivity contribution in [3.8, 4) is 16.9 Å². The third-order valence-corrected chi connectivity index (χ3v) is 5.66. The largest absolute Gasteiger partial charge is 0.459 e. The van der Waals surface area contributed by atoms with Gasteiger partial charge < -0.3 is 9.47 Å². The van der Waals surface area contributed by atoms with E-state index in [1.54, 1.807) is 36.4 Å². The molecule has 0 aliphatic carbocycles. The Bertz CT molecular complexity index is 1000. The minimum absolute atomic E-state index is 0.102. The second-order valence-electron chi connectivity index (χ2n) is 7.99. The van der Waals surface area contributed by atoms with Gasteiger partial charge in [0.1, 0.15) is 5.75 Å². The first kappa shape index (κ1) is 23.3. The van der Waals surface area contributed by atoms with Crippen LogP contribution in [0.3, 0.4) is 0 Å². The highest BCUT2D eigenvalue weighted by Crippen LogP contribution is 2.22. The van der Waals surface area contributed by atoms with Gasteiger partial charge in [-0.15, -0.1) is 0 Å². The maximum absolute atomic E-state index is 12.5. The van der Waals surface area contributed by atoms with Crippen molar-refractivity contribution in [2.75, 3.05) is 0 Å². The molecular formula is C28H30O4. The lowest BCUT2D eigenvalue weighted by molar-refractivity contribution is 0.0285. The standard InChI is InChI=1S/C28H30O4/c1-4-21(5-2)19-20(3)31-27(29)24-15-11-22(12-16-24)23-13-17-25(18-14-23)28(30)32-26-9-7-6-8-10-26/h6-18,20-21H,4-5,19H2,1-3H3/t20-/m1/s1. The number of carbonyl (C=O) groups is 2. The fraction of sp³-hybridized carbons (Fsp3) is 0.286. The zero-order valence-corrected chi connectivity index (χ0v) is 18.9. The number of hydrogen-bond donors (Lipinski definition) is 0. The van der Waals surface area contributed by atoms with E-state index in [2.05, 4.69) is 13.8 Å². The quantitative estimate of drug-likeness (QED) is 0.272. The molecule has 1 atom stereocenters. The second kappa shape index (κ2) is 11.3. The molecule has 4 nitrogen and oxygen atoms in total. The SMILES string of the molecule is CCC(CC)C[C@@H](C)OC(=O)c1ccc(-c2ccc(C(=O)Oc3ccccc3)cc2)cc1. The molecule has 3 aromatic carbocycles. The molecule has 166 valence electrons. The minimum atomic E-state index is -0.400. The number of benzene rings is 3. The van der Waals surface area contributed by atoms with Crippen LogP contribution in [0.2, 0.25) is 0 Å². The number of hydrogen-bond acceptors (Lipinski definition) is 4. The van der Waals surface area contributed by atoms with E-state index in [0.717, 1.165) is 30.4 Å². The number of ether oxygens (including phenoxy) is 2. The van der Waals surface area contributed by atoms with Gasteiger partial charge in [-0.2, -0.15) is 0 Å². The van der Waals surface area contributed by atoms with E-state index in [-0.39, 0.29) is 12.1 Å². The fourth-order valence-corrected chi connectivity index (χ4v) is 3.64. The molecule has 0 unspecified atom stereocenters. The third-order valence-electron chi connectivity index (χ3n) is 5.66. The average Bonchev–Trinajstić information content (AvgIpc) is 2.83. The first-order valence-corrected chi connectivity index (χ1v) is 11.2. The molecule has 0 fully saturated rings. The molecule has 3 rings (SSSR count). The first-order chi connectivity index (χ1) is 15.5. The Balaban J connectivity index is 1.60. The molecule has 32 heavy (non-hydrogen) atoms. The molecule has 3 aromatic rings. The van der Waals surface area contributed by atoms with Crippen molar-refractivity contribution in [1.29, 1.82) is 0 Å². The molecule has 0 aliphatic heterocycles. The summed E-state index contributed by atoms with van der Waals surface area (Å²) in [5.74, 6) is 0.392. The van der Waals surface area contributed by atoms with Gasteiger partial charge in [0.15, 0.2) is 0 Å². The lowest BCUT2D eigenvalue weighted by Crippen LogP contribution is -2.18. The Morgan fingerprint density at radius 1 is 0.719 bits per heavy atom. The molecule has 0 spiro atoms. The van der Waals surface area contributed by atoms with Gasteiger partial charge in [0, 0.05) is 0 Å². The number of esters is 2. The minimum Gasteiger partial charge on any atom is -0.459 e. The predicted octanol–water partition coefficient (Wildman–Crippen LogP) is 6.94. The maximum Gasteiger partial charge on any atom is 0.343 e. The van der Waals surface area contributed by atoms with Gasteiger partial charge in [-0.3, -0.25) is 0 Å². The van der Waals surface area contributed by atoms with E-state index < -0.39 is 5.97 Å². The number of para-hydroxylation sites is 1. The van der Waals surface area contributed by atoms with Gasteiger partial charge in [0.2, 0.25) is 0 Å². The smallest absolute Gasteiger partial charge is 0.343 e. The van der Waals surface area contributed by atoms with E-state index >= 15 is 0 Å². The molecule has 0 N–H and O–H groups in total. The van der Waals surface area contributed by atoms with Crippen LogP contribution in [0.25, 0.3) is 11.1 Å². The van der Waals surface area contributed by atoms with Crippen LogP contribution in [0.15, 0.2) is 78.9 Å². The third kappa shape index (κ3) is 6.30. The Hall–Kier alpha value is -3.40. The normalized spacial score (nSPS) is 11.8. The second-order valence-corrected chi connectivity index (χ2v) is 7.99. The molecule has 0 saturated heterocycles. The van der Waals surface area contributed by atoms with Crippen LogP contribution in [-0.4, -0.2) is 18.0 Å². The number of rotatable bonds is 9. The van der Waals surface area contributed by atoms with Crippen molar-refractivity contribution in [3.05, 3.63) is 90.0 Å². The summed E-state index contributed by atoms with van der Waals surface area (Å²) in [6.07, 6.45) is 2.97. The molecule has 4 heteroatoms. The van der Waals surface area contributed by atoms with Crippen molar-refractivity contribution in [2.45, 2.75) is 46.1 Å². The van der Waals surface area contributed by atoms with Gasteiger partial charge in [0.05, 0.1) is 17.2 Å². The Morgan fingerprint density at radius 2 is 1.22 bits per heavy atom. The zero-order chi connectivity index (χ0) is 22.9. The van der Waals surface area contributed by atoms with Gasteiger partial charge in [0.25, 0.3) is 0 Å². The van der Waals surface area contributed by atoms with Crippen molar-refractivity contribution in [2.24, 2.45) is 5.92 Å². The van der Waals surface area contributed by atoms with Gasteiger partial charge >= 0.3 is 11.9 Å². The molecule has 0 amide bonds. The lowest BCUT2D eigenvalue weighted by atomic mass is 9.97. The number of carbonyl (C=O) groups excluding carboxylic acids is 2. The molecule has 0 saturated carbocycles. The van der Waals surface area contributed by atoms with E-state index in [1.807, 2.05) is 49.4 Å². The molecule has 0 heterocycles.